The molecule has 0 radical (unpaired) electrons. The monoisotopic (exact) mass is 487 g/mol. The minimum Gasteiger partial charge on any atom is -0.457 e. The Morgan fingerprint density at radius 3 is 2.21 bits per heavy atom. The maximum atomic E-state index is 12.9. The van der Waals surface area contributed by atoms with Crippen molar-refractivity contribution in [3.8, 4) is 22.6 Å². The Morgan fingerprint density at radius 1 is 0.853 bits per heavy atom. The van der Waals surface area contributed by atoms with Crippen molar-refractivity contribution in [2.45, 2.75) is 11.1 Å². The van der Waals surface area contributed by atoms with Crippen LogP contribution < -0.4 is 5.14 Å². The first-order valence-corrected chi connectivity index (χ1v) is 11.3. The molecule has 0 amide bonds. The Labute approximate surface area is 192 Å². The highest BCUT2D eigenvalue weighted by Crippen LogP contribution is 2.33. The molecule has 0 atom stereocenters. The number of alkyl halides is 3. The summed E-state index contributed by atoms with van der Waals surface area (Å²) < 4.78 is 72.5. The first-order chi connectivity index (χ1) is 16.0. The van der Waals surface area contributed by atoms with E-state index in [9.17, 15) is 26.4 Å². The van der Waals surface area contributed by atoms with Gasteiger partial charge in [-0.2, -0.15) is 13.2 Å². The third kappa shape index (κ3) is 5.19. The molecule has 2 aromatic heterocycles. The number of benzene rings is 2. The number of primary sulfonamides is 1. The number of sulfonamides is 1. The van der Waals surface area contributed by atoms with E-state index >= 15 is 0 Å². The molecule has 0 fully saturated rings. The molecule has 0 aliphatic carbocycles. The van der Waals surface area contributed by atoms with Crippen molar-refractivity contribution in [3.63, 3.8) is 0 Å². The molecule has 0 bridgehead atoms. The predicted octanol–water partition coefficient (Wildman–Crippen LogP) is 5.77. The van der Waals surface area contributed by atoms with Gasteiger partial charge in [0.05, 0.1) is 10.5 Å². The van der Waals surface area contributed by atoms with E-state index in [1.165, 1.54) is 60.7 Å². The summed E-state index contributed by atoms with van der Waals surface area (Å²) in [6.45, 7) is 0. The van der Waals surface area contributed by atoms with Gasteiger partial charge >= 0.3 is 6.18 Å². The Morgan fingerprint density at radius 2 is 1.53 bits per heavy atom. The van der Waals surface area contributed by atoms with E-state index in [0.717, 1.165) is 12.1 Å². The number of halogens is 3. The summed E-state index contributed by atoms with van der Waals surface area (Å²) in [5.41, 5.74) is -0.0146. The Bertz CT molecular complexity index is 1480. The first-order valence-electron chi connectivity index (χ1n) is 9.74. The number of ketones is 1. The van der Waals surface area contributed by atoms with Crippen molar-refractivity contribution >= 4 is 21.9 Å². The van der Waals surface area contributed by atoms with Crippen LogP contribution in [0.5, 0.6) is 0 Å². The molecule has 0 unspecified atom stereocenters. The molecule has 2 aromatic carbocycles. The molecule has 0 saturated heterocycles. The predicted molar refractivity (Wildman–Crippen MR) is 118 cm³/mol. The van der Waals surface area contributed by atoms with Gasteiger partial charge in [-0.25, -0.2) is 13.6 Å². The van der Waals surface area contributed by atoms with Gasteiger partial charge in [-0.05, 0) is 72.8 Å². The molecule has 6 nitrogen and oxygen atoms in total. The average molecular weight is 487 g/mol. The van der Waals surface area contributed by atoms with Crippen molar-refractivity contribution in [2.24, 2.45) is 5.14 Å². The molecule has 4 aromatic rings. The average Bonchev–Trinajstić information content (AvgIpc) is 3.47. The van der Waals surface area contributed by atoms with Crippen LogP contribution in [0.4, 0.5) is 13.2 Å². The lowest BCUT2D eigenvalue weighted by atomic mass is 10.1. The largest absolute Gasteiger partial charge is 0.457 e. The minimum atomic E-state index is -4.49. The number of carbonyl (C=O) groups excluding carboxylic acids is 1. The summed E-state index contributed by atoms with van der Waals surface area (Å²) in [7, 11) is -3.80. The van der Waals surface area contributed by atoms with Crippen LogP contribution in [0.25, 0.3) is 28.7 Å². The molecular formula is C24H16F3NO5S. The molecular weight excluding hydrogens is 471 g/mol. The molecule has 2 heterocycles. The topological polar surface area (TPSA) is 104 Å². The van der Waals surface area contributed by atoms with E-state index in [1.807, 2.05) is 0 Å². The quantitative estimate of drug-likeness (QED) is 0.275. The number of hydrogen-bond acceptors (Lipinski definition) is 5. The lowest BCUT2D eigenvalue weighted by Gasteiger charge is -2.07. The second kappa shape index (κ2) is 8.81. The third-order valence-corrected chi connectivity index (χ3v) is 5.75. The van der Waals surface area contributed by atoms with E-state index in [1.54, 1.807) is 12.1 Å². The third-order valence-electron chi connectivity index (χ3n) is 4.82. The van der Waals surface area contributed by atoms with E-state index in [2.05, 4.69) is 0 Å². The van der Waals surface area contributed by atoms with E-state index < -0.39 is 27.5 Å². The molecule has 174 valence electrons. The summed E-state index contributed by atoms with van der Waals surface area (Å²) in [5.74, 6) is 0.371. The maximum Gasteiger partial charge on any atom is 0.416 e. The Hall–Kier alpha value is -3.89. The van der Waals surface area contributed by atoms with Crippen LogP contribution in [0.1, 0.15) is 21.9 Å². The highest BCUT2D eigenvalue weighted by Gasteiger charge is 2.30. The second-order valence-corrected chi connectivity index (χ2v) is 8.77. The molecule has 34 heavy (non-hydrogen) atoms. The molecule has 0 aliphatic heterocycles. The fraction of sp³-hybridized carbons (Fsp3) is 0.0417. The summed E-state index contributed by atoms with van der Waals surface area (Å²) in [4.78, 5) is 12.4. The van der Waals surface area contributed by atoms with Gasteiger partial charge in [0.25, 0.3) is 0 Å². The summed E-state index contributed by atoms with van der Waals surface area (Å²) >= 11 is 0. The van der Waals surface area contributed by atoms with E-state index in [0.29, 0.717) is 17.1 Å². The summed E-state index contributed by atoms with van der Waals surface area (Å²) in [6, 6.07) is 16.5. The van der Waals surface area contributed by atoms with Gasteiger partial charge < -0.3 is 8.83 Å². The summed E-state index contributed by atoms with van der Waals surface area (Å²) in [5, 5.41) is 5.08. The standard InChI is InChI=1S/C24H16F3NO5S/c25-24(26,27)17-3-1-2-16(14-17)22-12-13-23(33-22)20(29)10-6-18-7-11-21(32-18)15-4-8-19(9-5-15)34(28,30)31/h1-14H,(H2,28,30,31). The van der Waals surface area contributed by atoms with Gasteiger partial charge in [0.2, 0.25) is 15.8 Å². The summed E-state index contributed by atoms with van der Waals surface area (Å²) in [6.07, 6.45) is -1.87. The lowest BCUT2D eigenvalue weighted by Crippen LogP contribution is -2.11. The highest BCUT2D eigenvalue weighted by atomic mass is 32.2. The van der Waals surface area contributed by atoms with Crippen LogP contribution in [-0.4, -0.2) is 14.2 Å². The Kier molecular flexibility index (Phi) is 6.03. The maximum absolute atomic E-state index is 12.9. The smallest absolute Gasteiger partial charge is 0.416 e. The zero-order valence-corrected chi connectivity index (χ0v) is 18.1. The molecule has 10 heteroatoms. The first kappa shape index (κ1) is 23.3. The van der Waals surface area contributed by atoms with Crippen molar-refractivity contribution in [1.82, 2.24) is 0 Å². The molecule has 0 aliphatic rings. The van der Waals surface area contributed by atoms with Gasteiger partial charge in [-0.1, -0.05) is 12.1 Å². The number of hydrogen-bond donors (Lipinski definition) is 1. The minimum absolute atomic E-state index is 0.0310. The molecule has 0 spiro atoms. The van der Waals surface area contributed by atoms with Crippen molar-refractivity contribution in [1.29, 1.82) is 0 Å². The van der Waals surface area contributed by atoms with Gasteiger partial charge in [-0.3, -0.25) is 4.79 Å². The fourth-order valence-corrected chi connectivity index (χ4v) is 3.64. The second-order valence-electron chi connectivity index (χ2n) is 7.21. The normalized spacial score (nSPS) is 12.4. The number of carbonyl (C=O) groups is 1. The van der Waals surface area contributed by atoms with E-state index in [-0.39, 0.29) is 22.0 Å². The van der Waals surface area contributed by atoms with Crippen LogP contribution in [0.2, 0.25) is 0 Å². The molecule has 4 rings (SSSR count). The zero-order valence-electron chi connectivity index (χ0n) is 17.2. The van der Waals surface area contributed by atoms with Crippen molar-refractivity contribution in [2.75, 3.05) is 0 Å². The van der Waals surface area contributed by atoms with Crippen LogP contribution in [0, 0.1) is 0 Å². The molecule has 0 saturated carbocycles. The molecule has 2 N–H and O–H groups in total. The van der Waals surface area contributed by atoms with Crippen LogP contribution >= 0.6 is 0 Å². The van der Waals surface area contributed by atoms with E-state index in [4.69, 9.17) is 14.0 Å². The zero-order chi connectivity index (χ0) is 24.5. The number of nitrogens with two attached hydrogens (primary N) is 1. The van der Waals surface area contributed by atoms with Crippen LogP contribution in [0.3, 0.4) is 0 Å². The van der Waals surface area contributed by atoms with Crippen molar-refractivity contribution in [3.05, 3.63) is 96.0 Å². The van der Waals surface area contributed by atoms with Gasteiger partial charge in [0.1, 0.15) is 17.3 Å². The number of rotatable bonds is 6. The fourth-order valence-electron chi connectivity index (χ4n) is 3.12. The van der Waals surface area contributed by atoms with Crippen LogP contribution in [-0.2, 0) is 16.2 Å². The van der Waals surface area contributed by atoms with Gasteiger partial charge in [0, 0.05) is 11.1 Å². The van der Waals surface area contributed by atoms with Gasteiger partial charge in [0.15, 0.2) is 5.76 Å². The number of furan rings is 2. The lowest BCUT2D eigenvalue weighted by molar-refractivity contribution is -0.137. The highest BCUT2D eigenvalue weighted by molar-refractivity contribution is 7.89. The van der Waals surface area contributed by atoms with Crippen LogP contribution in [0.15, 0.2) is 92.6 Å². The Balaban J connectivity index is 1.47. The SMILES string of the molecule is NS(=O)(=O)c1ccc(-c2ccc(C=CC(=O)c3ccc(-c4cccc(C(F)(F)F)c4)o3)o2)cc1. The van der Waals surface area contributed by atoms with Crippen molar-refractivity contribution < 1.29 is 35.2 Å². The van der Waals surface area contributed by atoms with Gasteiger partial charge in [-0.15, -0.1) is 0 Å². The number of allylic oxidation sites excluding steroid dienone is 1.